The van der Waals surface area contributed by atoms with E-state index in [0.717, 1.165) is 54.7 Å². The quantitative estimate of drug-likeness (QED) is 0.740. The molecule has 0 amide bonds. The number of nitrogens with zero attached hydrogens (tertiary/aromatic N) is 1. The second-order valence-electron chi connectivity index (χ2n) is 8.29. The fourth-order valence-corrected chi connectivity index (χ4v) is 4.45. The molecule has 28 heavy (non-hydrogen) atoms. The van der Waals surface area contributed by atoms with Crippen molar-refractivity contribution in [1.29, 1.82) is 0 Å². The van der Waals surface area contributed by atoms with Crippen LogP contribution >= 0.6 is 0 Å². The minimum atomic E-state index is -0.962. The first kappa shape index (κ1) is 20.6. The van der Waals surface area contributed by atoms with Gasteiger partial charge in [0.15, 0.2) is 0 Å². The van der Waals surface area contributed by atoms with Gasteiger partial charge >= 0.3 is 0 Å². The van der Waals surface area contributed by atoms with E-state index < -0.39 is 5.60 Å². The van der Waals surface area contributed by atoms with E-state index in [1.165, 1.54) is 5.56 Å². The van der Waals surface area contributed by atoms with E-state index in [1.54, 1.807) is 7.11 Å². The Morgan fingerprint density at radius 2 is 1.93 bits per heavy atom. The van der Waals surface area contributed by atoms with Crippen molar-refractivity contribution in [2.45, 2.75) is 38.2 Å². The molecule has 0 aromatic heterocycles. The van der Waals surface area contributed by atoms with Crippen LogP contribution in [0.1, 0.15) is 42.4 Å². The molecule has 3 rings (SSSR count). The Kier molecular flexibility index (Phi) is 6.58. The summed E-state index contributed by atoms with van der Waals surface area (Å²) in [5.41, 5.74) is 3.41. The van der Waals surface area contributed by atoms with Crippen LogP contribution in [0.3, 0.4) is 0 Å². The summed E-state index contributed by atoms with van der Waals surface area (Å²) in [6, 6.07) is 16.5. The van der Waals surface area contributed by atoms with Gasteiger partial charge in [-0.3, -0.25) is 0 Å². The van der Waals surface area contributed by atoms with Gasteiger partial charge in [-0.15, -0.1) is 0 Å². The lowest BCUT2D eigenvalue weighted by atomic mass is 9.73. The third kappa shape index (κ3) is 4.48. The SMILES string of the molecule is COc1cccc(C=C2CCCCC(CN(C)C)C2(O)c2cccc(C)c2)c1. The van der Waals surface area contributed by atoms with Crippen LogP contribution in [-0.4, -0.2) is 37.8 Å². The number of aliphatic hydroxyl groups is 1. The molecule has 0 spiro atoms. The smallest absolute Gasteiger partial charge is 0.119 e. The van der Waals surface area contributed by atoms with E-state index in [0.29, 0.717) is 0 Å². The first-order valence-corrected chi connectivity index (χ1v) is 10.2. The van der Waals surface area contributed by atoms with Crippen molar-refractivity contribution in [1.82, 2.24) is 4.90 Å². The fraction of sp³-hybridized carbons (Fsp3) is 0.440. The molecule has 2 unspecified atom stereocenters. The lowest BCUT2D eigenvalue weighted by Gasteiger charge is -2.39. The van der Waals surface area contributed by atoms with Crippen LogP contribution in [0, 0.1) is 12.8 Å². The molecule has 0 aliphatic heterocycles. The average molecular weight is 380 g/mol. The summed E-state index contributed by atoms with van der Waals surface area (Å²) >= 11 is 0. The molecule has 2 atom stereocenters. The molecule has 3 nitrogen and oxygen atoms in total. The third-order valence-electron chi connectivity index (χ3n) is 5.81. The second-order valence-corrected chi connectivity index (χ2v) is 8.29. The standard InChI is InChI=1S/C25H33NO2/c1-19-9-7-13-21(15-19)25(27)22(11-5-6-12-23(25)18-26(2)3)16-20-10-8-14-24(17-20)28-4/h7-10,13-17,23,27H,5-6,11-12,18H2,1-4H3. The van der Waals surface area contributed by atoms with Gasteiger partial charge in [0.25, 0.3) is 0 Å². The number of aryl methyl sites for hydroxylation is 1. The molecule has 150 valence electrons. The van der Waals surface area contributed by atoms with E-state index in [4.69, 9.17) is 4.74 Å². The molecule has 1 saturated carbocycles. The van der Waals surface area contributed by atoms with Crippen molar-refractivity contribution >= 4 is 6.08 Å². The van der Waals surface area contributed by atoms with E-state index in [-0.39, 0.29) is 5.92 Å². The number of rotatable bonds is 5. The van der Waals surface area contributed by atoms with Gasteiger partial charge in [-0.05, 0) is 69.1 Å². The van der Waals surface area contributed by atoms with Gasteiger partial charge in [-0.25, -0.2) is 0 Å². The molecule has 1 aliphatic rings. The molecule has 0 bridgehead atoms. The Morgan fingerprint density at radius 3 is 2.64 bits per heavy atom. The molecule has 2 aromatic rings. The maximum atomic E-state index is 12.3. The highest BCUT2D eigenvalue weighted by Crippen LogP contribution is 2.45. The van der Waals surface area contributed by atoms with Crippen molar-refractivity contribution in [3.8, 4) is 5.75 Å². The third-order valence-corrected chi connectivity index (χ3v) is 5.81. The highest BCUT2D eigenvalue weighted by Gasteiger charge is 2.42. The van der Waals surface area contributed by atoms with E-state index >= 15 is 0 Å². The van der Waals surface area contributed by atoms with Gasteiger partial charge in [0.2, 0.25) is 0 Å². The molecule has 1 N–H and O–H groups in total. The molecule has 0 heterocycles. The summed E-state index contributed by atoms with van der Waals surface area (Å²) in [5, 5.41) is 12.3. The Bertz CT molecular complexity index is 827. The van der Waals surface area contributed by atoms with Crippen molar-refractivity contribution in [2.24, 2.45) is 5.92 Å². The average Bonchev–Trinajstić information content (AvgIpc) is 2.82. The lowest BCUT2D eigenvalue weighted by Crippen LogP contribution is -2.41. The van der Waals surface area contributed by atoms with E-state index in [9.17, 15) is 5.11 Å². The molecule has 1 fully saturated rings. The lowest BCUT2D eigenvalue weighted by molar-refractivity contribution is 0.000442. The zero-order valence-corrected chi connectivity index (χ0v) is 17.6. The van der Waals surface area contributed by atoms with Crippen LogP contribution < -0.4 is 4.74 Å². The molecule has 0 saturated heterocycles. The number of methoxy groups -OCH3 is 1. The van der Waals surface area contributed by atoms with Gasteiger partial charge in [0.1, 0.15) is 11.4 Å². The summed E-state index contributed by atoms with van der Waals surface area (Å²) in [4.78, 5) is 2.19. The van der Waals surface area contributed by atoms with Crippen LogP contribution in [0.4, 0.5) is 0 Å². The predicted molar refractivity (Wildman–Crippen MR) is 117 cm³/mol. The maximum absolute atomic E-state index is 12.3. The van der Waals surface area contributed by atoms with E-state index in [2.05, 4.69) is 62.3 Å². The van der Waals surface area contributed by atoms with Crippen molar-refractivity contribution < 1.29 is 9.84 Å². The first-order valence-electron chi connectivity index (χ1n) is 10.2. The van der Waals surface area contributed by atoms with Gasteiger partial charge in [0, 0.05) is 12.5 Å². The Balaban J connectivity index is 2.14. The Morgan fingerprint density at radius 1 is 1.14 bits per heavy atom. The summed E-state index contributed by atoms with van der Waals surface area (Å²) in [6.07, 6.45) is 6.36. The van der Waals surface area contributed by atoms with E-state index in [1.807, 2.05) is 18.2 Å². The van der Waals surface area contributed by atoms with Crippen LogP contribution in [0.25, 0.3) is 6.08 Å². The maximum Gasteiger partial charge on any atom is 0.119 e. The minimum absolute atomic E-state index is 0.156. The summed E-state index contributed by atoms with van der Waals surface area (Å²) < 4.78 is 5.40. The normalized spacial score (nSPS) is 24.4. The number of ether oxygens (including phenoxy) is 1. The van der Waals surface area contributed by atoms with Gasteiger partial charge in [-0.1, -0.05) is 54.5 Å². The molecule has 1 aliphatic carbocycles. The summed E-state index contributed by atoms with van der Waals surface area (Å²) in [5.74, 6) is 0.996. The first-order chi connectivity index (χ1) is 13.4. The van der Waals surface area contributed by atoms with Crippen LogP contribution in [-0.2, 0) is 5.60 Å². The number of hydrogen-bond acceptors (Lipinski definition) is 3. The zero-order valence-electron chi connectivity index (χ0n) is 17.6. The monoisotopic (exact) mass is 379 g/mol. The van der Waals surface area contributed by atoms with Gasteiger partial charge in [0.05, 0.1) is 7.11 Å². The van der Waals surface area contributed by atoms with Gasteiger partial charge in [-0.2, -0.15) is 0 Å². The molecular weight excluding hydrogens is 346 g/mol. The Hall–Kier alpha value is -2.10. The topological polar surface area (TPSA) is 32.7 Å². The van der Waals surface area contributed by atoms with Crippen LogP contribution in [0.5, 0.6) is 5.75 Å². The summed E-state index contributed by atoms with van der Waals surface area (Å²) in [6.45, 7) is 2.95. The van der Waals surface area contributed by atoms with Crippen molar-refractivity contribution in [2.75, 3.05) is 27.7 Å². The minimum Gasteiger partial charge on any atom is -0.497 e. The largest absolute Gasteiger partial charge is 0.497 e. The van der Waals surface area contributed by atoms with Crippen molar-refractivity contribution in [3.63, 3.8) is 0 Å². The van der Waals surface area contributed by atoms with Crippen LogP contribution in [0.15, 0.2) is 54.1 Å². The Labute approximate surface area is 169 Å². The number of hydrogen-bond donors (Lipinski definition) is 1. The zero-order chi connectivity index (χ0) is 20.1. The molecule has 0 radical (unpaired) electrons. The molecule has 2 aromatic carbocycles. The highest BCUT2D eigenvalue weighted by molar-refractivity contribution is 5.58. The molecule has 3 heteroatoms. The van der Waals surface area contributed by atoms with Crippen LogP contribution in [0.2, 0.25) is 0 Å². The number of benzene rings is 2. The van der Waals surface area contributed by atoms with Gasteiger partial charge < -0.3 is 14.7 Å². The fourth-order valence-electron chi connectivity index (χ4n) is 4.45. The predicted octanol–water partition coefficient (Wildman–Crippen LogP) is 5.03. The summed E-state index contributed by atoms with van der Waals surface area (Å²) in [7, 11) is 5.87. The molecular formula is C25H33NO2. The highest BCUT2D eigenvalue weighted by atomic mass is 16.5. The second kappa shape index (κ2) is 8.93. The van der Waals surface area contributed by atoms with Crippen molar-refractivity contribution in [3.05, 3.63) is 70.8 Å².